The number of carbonyl (C=O) groups is 1. The number of hydrogen-bond donors (Lipinski definition) is 4. The lowest BCUT2D eigenvalue weighted by Crippen LogP contribution is -2.44. The van der Waals surface area contributed by atoms with Gasteiger partial charge < -0.3 is 16.2 Å². The van der Waals surface area contributed by atoms with Crippen LogP contribution in [0.1, 0.15) is 20.3 Å². The Kier molecular flexibility index (Phi) is 4.86. The number of aliphatic carboxylic acids is 1. The number of rotatable bonds is 5. The fourth-order valence-electron chi connectivity index (χ4n) is 0.711. The fraction of sp³-hybridized carbons (Fsp3) is 0.556. The van der Waals surface area contributed by atoms with Crippen molar-refractivity contribution in [3.8, 4) is 0 Å². The monoisotopic (exact) mass is 199 g/mol. The molecule has 1 unspecified atom stereocenters. The van der Waals surface area contributed by atoms with Crippen LogP contribution in [0.4, 0.5) is 0 Å². The number of amidine groups is 1. The molecule has 0 bridgehead atoms. The molecule has 0 saturated heterocycles. The van der Waals surface area contributed by atoms with Crippen LogP contribution in [0, 0.1) is 5.41 Å². The van der Waals surface area contributed by atoms with Gasteiger partial charge in [-0.1, -0.05) is 12.2 Å². The minimum absolute atomic E-state index is 0.279. The Labute approximate surface area is 83.5 Å². The Morgan fingerprint density at radius 1 is 1.64 bits per heavy atom. The molecule has 0 aliphatic heterocycles. The number of nitrogens with one attached hydrogen (secondary N) is 2. The van der Waals surface area contributed by atoms with Gasteiger partial charge >= 0.3 is 5.97 Å². The van der Waals surface area contributed by atoms with Crippen molar-refractivity contribution in [3.63, 3.8) is 0 Å². The number of carboxylic acids is 1. The standard InChI is InChI=1S/C9H17N3O2/c1-7(10)12-6-4-3-5-9(2,11)8(13)14/h3-4H,5-6,11H2,1-2H3,(H2,10,12)(H,13,14)/b4-3-. The van der Waals surface area contributed by atoms with Gasteiger partial charge in [-0.15, -0.1) is 0 Å². The first-order valence-electron chi connectivity index (χ1n) is 4.32. The van der Waals surface area contributed by atoms with Gasteiger partial charge in [-0.3, -0.25) is 10.2 Å². The lowest BCUT2D eigenvalue weighted by Gasteiger charge is -2.16. The molecule has 5 nitrogen and oxygen atoms in total. The van der Waals surface area contributed by atoms with E-state index in [1.54, 1.807) is 19.1 Å². The zero-order valence-corrected chi connectivity index (χ0v) is 8.50. The molecule has 80 valence electrons. The Bertz CT molecular complexity index is 246. The molecule has 5 N–H and O–H groups in total. The second-order valence-corrected chi connectivity index (χ2v) is 3.40. The van der Waals surface area contributed by atoms with Gasteiger partial charge in [0.05, 0.1) is 5.84 Å². The molecule has 0 rings (SSSR count). The maximum Gasteiger partial charge on any atom is 0.323 e. The number of hydrogen-bond acceptors (Lipinski definition) is 3. The van der Waals surface area contributed by atoms with E-state index in [-0.39, 0.29) is 6.42 Å². The van der Waals surface area contributed by atoms with Gasteiger partial charge in [0, 0.05) is 6.54 Å². The molecule has 0 radical (unpaired) electrons. The summed E-state index contributed by atoms with van der Waals surface area (Å²) in [6, 6.07) is 0. The van der Waals surface area contributed by atoms with E-state index in [4.69, 9.17) is 16.2 Å². The molecule has 0 aliphatic rings. The summed E-state index contributed by atoms with van der Waals surface area (Å²) >= 11 is 0. The van der Waals surface area contributed by atoms with E-state index in [9.17, 15) is 4.79 Å². The predicted molar refractivity (Wildman–Crippen MR) is 55.4 cm³/mol. The quantitative estimate of drug-likeness (QED) is 0.291. The third-order valence-electron chi connectivity index (χ3n) is 1.68. The zero-order valence-electron chi connectivity index (χ0n) is 8.50. The minimum atomic E-state index is -1.21. The summed E-state index contributed by atoms with van der Waals surface area (Å²) in [6.07, 6.45) is 3.73. The van der Waals surface area contributed by atoms with Crippen LogP contribution in [0.5, 0.6) is 0 Å². The highest BCUT2D eigenvalue weighted by atomic mass is 16.4. The van der Waals surface area contributed by atoms with Crippen molar-refractivity contribution in [3.05, 3.63) is 12.2 Å². The van der Waals surface area contributed by atoms with Crippen molar-refractivity contribution in [2.75, 3.05) is 6.54 Å². The molecule has 0 fully saturated rings. The molecule has 0 aromatic heterocycles. The van der Waals surface area contributed by atoms with Crippen molar-refractivity contribution >= 4 is 11.8 Å². The van der Waals surface area contributed by atoms with E-state index in [1.165, 1.54) is 6.92 Å². The molecule has 5 heteroatoms. The van der Waals surface area contributed by atoms with Gasteiger partial charge in [0.2, 0.25) is 0 Å². The van der Waals surface area contributed by atoms with E-state index in [0.717, 1.165) is 0 Å². The molecule has 0 aromatic rings. The molecule has 0 saturated carbocycles. The largest absolute Gasteiger partial charge is 0.480 e. The van der Waals surface area contributed by atoms with Gasteiger partial charge in [0.1, 0.15) is 5.54 Å². The van der Waals surface area contributed by atoms with E-state index in [0.29, 0.717) is 12.4 Å². The Morgan fingerprint density at radius 2 is 2.21 bits per heavy atom. The van der Waals surface area contributed by atoms with Crippen LogP contribution in [0.25, 0.3) is 0 Å². The molecule has 1 atom stereocenters. The second-order valence-electron chi connectivity index (χ2n) is 3.40. The van der Waals surface area contributed by atoms with Gasteiger partial charge in [0.15, 0.2) is 0 Å². The van der Waals surface area contributed by atoms with E-state index in [1.807, 2.05) is 0 Å². The van der Waals surface area contributed by atoms with Crippen molar-refractivity contribution in [1.82, 2.24) is 5.32 Å². The molecule has 0 aliphatic carbocycles. The summed E-state index contributed by atoms with van der Waals surface area (Å²) in [6.45, 7) is 3.62. The normalized spacial score (nSPS) is 15.1. The SMILES string of the molecule is CC(=N)NC/C=C\CC(C)(N)C(=O)O. The summed E-state index contributed by atoms with van der Waals surface area (Å²) in [5.41, 5.74) is 4.28. The van der Waals surface area contributed by atoms with Crippen LogP contribution in [-0.2, 0) is 4.79 Å². The average molecular weight is 199 g/mol. The van der Waals surface area contributed by atoms with Gasteiger partial charge in [-0.2, -0.15) is 0 Å². The Balaban J connectivity index is 3.82. The Hall–Kier alpha value is -1.36. The fourth-order valence-corrected chi connectivity index (χ4v) is 0.711. The highest BCUT2D eigenvalue weighted by molar-refractivity contribution is 5.78. The molecule has 0 spiro atoms. The summed E-state index contributed by atoms with van der Waals surface area (Å²) in [5, 5.41) is 18.5. The number of carboxylic acid groups (broad SMARTS) is 1. The lowest BCUT2D eigenvalue weighted by molar-refractivity contribution is -0.142. The van der Waals surface area contributed by atoms with E-state index in [2.05, 4.69) is 5.32 Å². The van der Waals surface area contributed by atoms with Crippen molar-refractivity contribution < 1.29 is 9.90 Å². The van der Waals surface area contributed by atoms with Crippen molar-refractivity contribution in [1.29, 1.82) is 5.41 Å². The van der Waals surface area contributed by atoms with Crippen LogP contribution >= 0.6 is 0 Å². The number of nitrogens with two attached hydrogens (primary N) is 1. The van der Waals surface area contributed by atoms with Crippen LogP contribution < -0.4 is 11.1 Å². The lowest BCUT2D eigenvalue weighted by atomic mass is 10.00. The molecule has 14 heavy (non-hydrogen) atoms. The third kappa shape index (κ3) is 5.31. The smallest absolute Gasteiger partial charge is 0.323 e. The molecule has 0 aromatic carbocycles. The van der Waals surface area contributed by atoms with E-state index < -0.39 is 11.5 Å². The summed E-state index contributed by atoms with van der Waals surface area (Å²) < 4.78 is 0. The molecule has 0 heterocycles. The average Bonchev–Trinajstić information content (AvgIpc) is 2.02. The van der Waals surface area contributed by atoms with Gasteiger partial charge in [-0.25, -0.2) is 0 Å². The maximum atomic E-state index is 10.6. The highest BCUT2D eigenvalue weighted by Gasteiger charge is 2.25. The summed E-state index contributed by atoms with van der Waals surface area (Å²) in [7, 11) is 0. The molecular formula is C9H17N3O2. The van der Waals surface area contributed by atoms with Crippen LogP contribution in [0.3, 0.4) is 0 Å². The maximum absolute atomic E-state index is 10.6. The first-order chi connectivity index (χ1) is 6.36. The molecular weight excluding hydrogens is 182 g/mol. The van der Waals surface area contributed by atoms with Crippen LogP contribution in [-0.4, -0.2) is 29.0 Å². The highest BCUT2D eigenvalue weighted by Crippen LogP contribution is 2.05. The van der Waals surface area contributed by atoms with Crippen LogP contribution in [0.2, 0.25) is 0 Å². The van der Waals surface area contributed by atoms with Crippen molar-refractivity contribution in [2.24, 2.45) is 5.73 Å². The first-order valence-corrected chi connectivity index (χ1v) is 4.32. The van der Waals surface area contributed by atoms with E-state index >= 15 is 0 Å². The topological polar surface area (TPSA) is 99.2 Å². The predicted octanol–water partition coefficient (Wildman–Crippen LogP) is 0.321. The first kappa shape index (κ1) is 12.6. The third-order valence-corrected chi connectivity index (χ3v) is 1.68. The van der Waals surface area contributed by atoms with Gasteiger partial charge in [-0.05, 0) is 20.3 Å². The zero-order chi connectivity index (χ0) is 11.2. The molecule has 0 amide bonds. The second kappa shape index (κ2) is 5.39. The van der Waals surface area contributed by atoms with Gasteiger partial charge in [0.25, 0.3) is 0 Å². The summed E-state index contributed by atoms with van der Waals surface area (Å²) in [4.78, 5) is 10.6. The minimum Gasteiger partial charge on any atom is -0.480 e. The van der Waals surface area contributed by atoms with Crippen LogP contribution in [0.15, 0.2) is 12.2 Å². The van der Waals surface area contributed by atoms with Crippen molar-refractivity contribution in [2.45, 2.75) is 25.8 Å². The summed E-state index contributed by atoms with van der Waals surface area (Å²) in [5.74, 6) is -0.637. The Morgan fingerprint density at radius 3 is 2.64 bits per heavy atom.